The maximum atomic E-state index is 13.0. The fourth-order valence-electron chi connectivity index (χ4n) is 4.80. The van der Waals surface area contributed by atoms with Crippen molar-refractivity contribution in [2.45, 2.75) is 72.2 Å². The second-order valence-corrected chi connectivity index (χ2v) is 9.28. The van der Waals surface area contributed by atoms with Gasteiger partial charge in [0, 0.05) is 26.2 Å². The van der Waals surface area contributed by atoms with Gasteiger partial charge < -0.3 is 9.30 Å². The molecule has 0 spiro atoms. The van der Waals surface area contributed by atoms with Crippen LogP contribution in [0.25, 0.3) is 11.2 Å². The van der Waals surface area contributed by atoms with Crippen molar-refractivity contribution in [3.8, 4) is 0 Å². The minimum Gasteiger partial charge on any atom is -0.457 e. The van der Waals surface area contributed by atoms with Crippen molar-refractivity contribution < 1.29 is 9.53 Å². The molecule has 35 heavy (non-hydrogen) atoms. The number of ether oxygens (including phenoxy) is 1. The number of nitrogens with one attached hydrogen (secondary N) is 1. The third kappa shape index (κ3) is 5.73. The van der Waals surface area contributed by atoms with E-state index in [-0.39, 0.29) is 18.5 Å². The van der Waals surface area contributed by atoms with Gasteiger partial charge in [0.05, 0.1) is 5.92 Å². The number of aromatic amines is 1. The summed E-state index contributed by atoms with van der Waals surface area (Å²) in [6.07, 6.45) is 4.23. The molecular formula is C26H35N5O4. The summed E-state index contributed by atoms with van der Waals surface area (Å²) >= 11 is 0. The molecule has 0 radical (unpaired) electrons. The average molecular weight is 482 g/mol. The van der Waals surface area contributed by atoms with Gasteiger partial charge in [-0.25, -0.2) is 9.78 Å². The third-order valence-electron chi connectivity index (χ3n) is 6.58. The predicted molar refractivity (Wildman–Crippen MR) is 134 cm³/mol. The maximum Gasteiger partial charge on any atom is 0.330 e. The number of imidazole rings is 1. The van der Waals surface area contributed by atoms with Crippen LogP contribution in [0.3, 0.4) is 0 Å². The Hall–Kier alpha value is -3.20. The van der Waals surface area contributed by atoms with Gasteiger partial charge in [-0.1, -0.05) is 50.6 Å². The van der Waals surface area contributed by atoms with Crippen molar-refractivity contribution in [1.29, 1.82) is 0 Å². The molecule has 0 bridgehead atoms. The van der Waals surface area contributed by atoms with E-state index in [4.69, 9.17) is 4.74 Å². The largest absolute Gasteiger partial charge is 0.457 e. The van der Waals surface area contributed by atoms with Crippen LogP contribution in [0.4, 0.5) is 0 Å². The number of aromatic nitrogens is 4. The Bertz CT molecular complexity index is 1260. The molecule has 1 aromatic carbocycles. The molecule has 9 heteroatoms. The Kier molecular flexibility index (Phi) is 8.17. The highest BCUT2D eigenvalue weighted by atomic mass is 16.5. The zero-order valence-electron chi connectivity index (χ0n) is 20.7. The van der Waals surface area contributed by atoms with Crippen LogP contribution in [0.1, 0.15) is 57.3 Å². The molecule has 1 aliphatic rings. The molecule has 4 rings (SSSR count). The average Bonchev–Trinajstić information content (AvgIpc) is 3.22. The lowest BCUT2D eigenvalue weighted by Crippen LogP contribution is -2.38. The minimum absolute atomic E-state index is 0.0237. The van der Waals surface area contributed by atoms with Gasteiger partial charge >= 0.3 is 11.7 Å². The van der Waals surface area contributed by atoms with E-state index in [0.29, 0.717) is 36.6 Å². The summed E-state index contributed by atoms with van der Waals surface area (Å²) in [5.41, 5.74) is 1.04. The van der Waals surface area contributed by atoms with E-state index in [1.54, 1.807) is 4.57 Å². The smallest absolute Gasteiger partial charge is 0.330 e. The van der Waals surface area contributed by atoms with Crippen LogP contribution in [0.2, 0.25) is 0 Å². The van der Waals surface area contributed by atoms with Crippen LogP contribution < -0.4 is 11.2 Å². The van der Waals surface area contributed by atoms with Crippen molar-refractivity contribution in [3.63, 3.8) is 0 Å². The zero-order valence-corrected chi connectivity index (χ0v) is 20.7. The highest BCUT2D eigenvalue weighted by molar-refractivity contribution is 5.73. The SMILES string of the molecule is CCCCn1c(=O)[nH]c(=O)c2c1nc(COC(=O)C1CCCN(Cc3ccccc3)C1)n2CCC. The Labute approximate surface area is 204 Å². The highest BCUT2D eigenvalue weighted by Gasteiger charge is 2.28. The fourth-order valence-corrected chi connectivity index (χ4v) is 4.80. The maximum absolute atomic E-state index is 13.0. The zero-order chi connectivity index (χ0) is 24.8. The number of carbonyl (C=O) groups excluding carboxylic acids is 1. The predicted octanol–water partition coefficient (Wildman–Crippen LogP) is 3.05. The summed E-state index contributed by atoms with van der Waals surface area (Å²) in [5.74, 6) is 0.0613. The van der Waals surface area contributed by atoms with E-state index < -0.39 is 11.2 Å². The molecular weight excluding hydrogens is 446 g/mol. The number of esters is 1. The first-order valence-electron chi connectivity index (χ1n) is 12.7. The summed E-state index contributed by atoms with van der Waals surface area (Å²) in [4.78, 5) is 47.4. The first-order chi connectivity index (χ1) is 17.0. The standard InChI is InChI=1S/C26H35N5O4/c1-3-5-15-31-23-22(24(32)28-26(31)34)30(13-4-2)21(27-23)18-35-25(33)20-12-9-14-29(17-20)16-19-10-7-6-8-11-19/h6-8,10-11,20H,3-5,9,12-18H2,1-2H3,(H,28,32,34). The number of aryl methyl sites for hydroxylation is 2. The summed E-state index contributed by atoms with van der Waals surface area (Å²) in [6.45, 7) is 7.49. The van der Waals surface area contributed by atoms with E-state index in [0.717, 1.165) is 45.2 Å². The monoisotopic (exact) mass is 481 g/mol. The second kappa shape index (κ2) is 11.5. The van der Waals surface area contributed by atoms with Crippen LogP contribution in [0.5, 0.6) is 0 Å². The van der Waals surface area contributed by atoms with Gasteiger partial charge in [0.25, 0.3) is 5.56 Å². The van der Waals surface area contributed by atoms with Gasteiger partial charge in [0.1, 0.15) is 12.4 Å². The second-order valence-electron chi connectivity index (χ2n) is 9.28. The number of nitrogens with zero attached hydrogens (tertiary/aromatic N) is 4. The summed E-state index contributed by atoms with van der Waals surface area (Å²) in [6, 6.07) is 10.3. The van der Waals surface area contributed by atoms with E-state index in [9.17, 15) is 14.4 Å². The number of fused-ring (bicyclic) bond motifs is 1. The van der Waals surface area contributed by atoms with Crippen molar-refractivity contribution in [2.24, 2.45) is 5.92 Å². The number of H-pyrrole nitrogens is 1. The van der Waals surface area contributed by atoms with Crippen molar-refractivity contribution in [1.82, 2.24) is 24.0 Å². The lowest BCUT2D eigenvalue weighted by atomic mass is 9.98. The number of benzene rings is 1. The molecule has 0 saturated carbocycles. The molecule has 0 aliphatic carbocycles. The molecule has 1 fully saturated rings. The molecule has 9 nitrogen and oxygen atoms in total. The van der Waals surface area contributed by atoms with E-state index >= 15 is 0 Å². The first-order valence-corrected chi connectivity index (χ1v) is 12.7. The molecule has 188 valence electrons. The number of rotatable bonds is 10. The molecule has 3 aromatic rings. The van der Waals surface area contributed by atoms with Crippen molar-refractivity contribution in [2.75, 3.05) is 13.1 Å². The number of carbonyl (C=O) groups is 1. The van der Waals surface area contributed by atoms with E-state index in [1.807, 2.05) is 32.0 Å². The summed E-state index contributed by atoms with van der Waals surface area (Å²) < 4.78 is 9.02. The Morgan fingerprint density at radius 3 is 2.66 bits per heavy atom. The lowest BCUT2D eigenvalue weighted by Gasteiger charge is -2.31. The van der Waals surface area contributed by atoms with Crippen LogP contribution in [-0.2, 0) is 35.8 Å². The molecule has 0 amide bonds. The van der Waals surface area contributed by atoms with Crippen molar-refractivity contribution in [3.05, 3.63) is 62.6 Å². The van der Waals surface area contributed by atoms with Crippen LogP contribution in [-0.4, -0.2) is 43.1 Å². The lowest BCUT2D eigenvalue weighted by molar-refractivity contribution is -0.152. The Morgan fingerprint density at radius 1 is 1.11 bits per heavy atom. The summed E-state index contributed by atoms with van der Waals surface area (Å²) in [7, 11) is 0. The molecule has 3 heterocycles. The van der Waals surface area contributed by atoms with Crippen LogP contribution >= 0.6 is 0 Å². The number of likely N-dealkylation sites (tertiary alicyclic amines) is 1. The molecule has 1 atom stereocenters. The van der Waals surface area contributed by atoms with Gasteiger partial charge in [-0.05, 0) is 37.8 Å². The van der Waals surface area contributed by atoms with Gasteiger partial charge in [-0.2, -0.15) is 0 Å². The molecule has 2 aromatic heterocycles. The fraction of sp³-hybridized carbons (Fsp3) is 0.538. The van der Waals surface area contributed by atoms with Gasteiger partial charge in [-0.3, -0.25) is 24.0 Å². The Balaban J connectivity index is 1.50. The number of unbranched alkanes of at least 4 members (excludes halogenated alkanes) is 1. The number of hydrogen-bond donors (Lipinski definition) is 1. The molecule has 1 saturated heterocycles. The quantitative estimate of drug-likeness (QED) is 0.447. The number of hydrogen-bond acceptors (Lipinski definition) is 6. The molecule has 1 aliphatic heterocycles. The van der Waals surface area contributed by atoms with Gasteiger partial charge in [0.2, 0.25) is 0 Å². The van der Waals surface area contributed by atoms with E-state index in [2.05, 4.69) is 27.0 Å². The minimum atomic E-state index is -0.458. The molecule has 1 unspecified atom stereocenters. The van der Waals surface area contributed by atoms with Crippen LogP contribution in [0.15, 0.2) is 39.9 Å². The third-order valence-corrected chi connectivity index (χ3v) is 6.58. The Morgan fingerprint density at radius 2 is 1.91 bits per heavy atom. The molecule has 1 N–H and O–H groups in total. The number of piperidine rings is 1. The highest BCUT2D eigenvalue weighted by Crippen LogP contribution is 2.21. The normalized spacial score (nSPS) is 16.6. The van der Waals surface area contributed by atoms with Gasteiger partial charge in [0.15, 0.2) is 11.2 Å². The summed E-state index contributed by atoms with van der Waals surface area (Å²) in [5, 5.41) is 0. The first kappa shape index (κ1) is 24.9. The van der Waals surface area contributed by atoms with Crippen molar-refractivity contribution >= 4 is 17.1 Å². The van der Waals surface area contributed by atoms with Crippen LogP contribution in [0, 0.1) is 5.92 Å². The topological polar surface area (TPSA) is 102 Å². The van der Waals surface area contributed by atoms with Gasteiger partial charge in [-0.15, -0.1) is 0 Å². The van der Waals surface area contributed by atoms with E-state index in [1.165, 1.54) is 10.1 Å².